The third-order valence-electron chi connectivity index (χ3n) is 6.49. The highest BCUT2D eigenvalue weighted by Crippen LogP contribution is 2.29. The van der Waals surface area contributed by atoms with E-state index >= 15 is 0 Å². The third-order valence-corrected chi connectivity index (χ3v) is 6.74. The normalized spacial score (nSPS) is 19.0. The lowest BCUT2D eigenvalue weighted by atomic mass is 9.85. The fraction of sp³-hybridized carbons (Fsp3) is 0.444. The molecular formula is C27H31ClF6N4O4. The van der Waals surface area contributed by atoms with Crippen molar-refractivity contribution in [3.63, 3.8) is 0 Å². The van der Waals surface area contributed by atoms with Gasteiger partial charge in [-0.15, -0.1) is 0 Å². The number of nitrogens with one attached hydrogen (secondary N) is 3. The fourth-order valence-corrected chi connectivity index (χ4v) is 4.35. The summed E-state index contributed by atoms with van der Waals surface area (Å²) in [6.45, 7) is 0.285. The molecule has 42 heavy (non-hydrogen) atoms. The molecule has 2 amide bonds. The molecule has 0 spiro atoms. The Balaban J connectivity index is 0.000000782. The second-order valence-electron chi connectivity index (χ2n) is 9.78. The van der Waals surface area contributed by atoms with Crippen LogP contribution >= 0.6 is 11.6 Å². The quantitative estimate of drug-likeness (QED) is 0.323. The average molecular weight is 625 g/mol. The maximum atomic E-state index is 12.9. The molecule has 3 unspecified atom stereocenters. The molecular weight excluding hydrogens is 594 g/mol. The SMILES string of the molecule is CN(C)C1CCC(NC(=O)CNC(=O)c2cccc(C(F)(F)F)c2)C(NCc2ccc(Cl)cc2)C1.O=C(O)C(F)(F)F. The van der Waals surface area contributed by atoms with Crippen molar-refractivity contribution in [3.8, 4) is 0 Å². The molecule has 2 aromatic rings. The van der Waals surface area contributed by atoms with Gasteiger partial charge in [0.2, 0.25) is 5.91 Å². The standard InChI is InChI=1S/C25H30ClF3N4O2.C2HF3O2/c1-33(2)20-10-11-21(22(13-20)30-14-16-6-8-19(26)9-7-16)32-23(34)15-31-24(35)17-4-3-5-18(12-17)25(27,28)29;3-2(4,5)1(6)7/h3-9,12,20-22,30H,10-11,13-15H2,1-2H3,(H,31,35)(H,32,34);(H,6,7). The molecule has 4 N–H and O–H groups in total. The van der Waals surface area contributed by atoms with E-state index < -0.39 is 35.7 Å². The highest BCUT2D eigenvalue weighted by Gasteiger charge is 2.38. The van der Waals surface area contributed by atoms with Crippen LogP contribution < -0.4 is 16.0 Å². The summed E-state index contributed by atoms with van der Waals surface area (Å²) < 4.78 is 70.4. The molecule has 15 heteroatoms. The van der Waals surface area contributed by atoms with E-state index in [0.717, 1.165) is 43.0 Å². The van der Waals surface area contributed by atoms with Gasteiger partial charge in [0.1, 0.15) is 0 Å². The lowest BCUT2D eigenvalue weighted by molar-refractivity contribution is -0.192. The number of hydrogen-bond acceptors (Lipinski definition) is 5. The van der Waals surface area contributed by atoms with Crippen LogP contribution in [0.15, 0.2) is 48.5 Å². The maximum absolute atomic E-state index is 12.9. The third kappa shape index (κ3) is 11.5. The first kappa shape index (κ1) is 34.8. The lowest BCUT2D eigenvalue weighted by Crippen LogP contribution is -2.56. The fourth-order valence-electron chi connectivity index (χ4n) is 4.22. The Kier molecular flexibility index (Phi) is 12.6. The molecule has 1 saturated carbocycles. The van der Waals surface area contributed by atoms with Gasteiger partial charge in [-0.05, 0) is 69.3 Å². The van der Waals surface area contributed by atoms with Crippen LogP contribution in [0.5, 0.6) is 0 Å². The van der Waals surface area contributed by atoms with Crippen LogP contribution in [0.3, 0.4) is 0 Å². The molecule has 1 fully saturated rings. The van der Waals surface area contributed by atoms with E-state index in [9.17, 15) is 35.9 Å². The molecule has 3 atom stereocenters. The van der Waals surface area contributed by atoms with E-state index in [0.29, 0.717) is 17.6 Å². The minimum Gasteiger partial charge on any atom is -0.475 e. The first-order valence-corrected chi connectivity index (χ1v) is 13.0. The molecule has 0 bridgehead atoms. The molecule has 0 aromatic heterocycles. The minimum absolute atomic E-state index is 0.00921. The summed E-state index contributed by atoms with van der Waals surface area (Å²) in [5, 5.41) is 16.7. The van der Waals surface area contributed by atoms with Gasteiger partial charge in [0.15, 0.2) is 0 Å². The number of carbonyl (C=O) groups is 3. The van der Waals surface area contributed by atoms with Gasteiger partial charge in [0, 0.05) is 35.3 Å². The van der Waals surface area contributed by atoms with Gasteiger partial charge in [-0.1, -0.05) is 29.8 Å². The highest BCUT2D eigenvalue weighted by molar-refractivity contribution is 6.30. The summed E-state index contributed by atoms with van der Waals surface area (Å²) in [7, 11) is 4.06. The Bertz CT molecular complexity index is 1210. The Hall–Kier alpha value is -3.36. The van der Waals surface area contributed by atoms with Crippen molar-refractivity contribution in [1.82, 2.24) is 20.9 Å². The van der Waals surface area contributed by atoms with E-state index in [4.69, 9.17) is 21.5 Å². The van der Waals surface area contributed by atoms with Gasteiger partial charge < -0.3 is 26.0 Å². The lowest BCUT2D eigenvalue weighted by Gasteiger charge is -2.39. The van der Waals surface area contributed by atoms with Gasteiger partial charge in [-0.3, -0.25) is 9.59 Å². The van der Waals surface area contributed by atoms with Crippen molar-refractivity contribution in [2.24, 2.45) is 0 Å². The van der Waals surface area contributed by atoms with Gasteiger partial charge in [0.05, 0.1) is 12.1 Å². The topological polar surface area (TPSA) is 111 Å². The molecule has 0 saturated heterocycles. The predicted octanol–water partition coefficient (Wildman–Crippen LogP) is 4.48. The molecule has 8 nitrogen and oxygen atoms in total. The van der Waals surface area contributed by atoms with Crippen molar-refractivity contribution in [1.29, 1.82) is 0 Å². The van der Waals surface area contributed by atoms with E-state index in [1.54, 1.807) is 0 Å². The van der Waals surface area contributed by atoms with Crippen LogP contribution in [0.25, 0.3) is 0 Å². The number of amides is 2. The van der Waals surface area contributed by atoms with Crippen molar-refractivity contribution >= 4 is 29.4 Å². The Morgan fingerprint density at radius 2 is 1.60 bits per heavy atom. The number of aliphatic carboxylic acids is 1. The van der Waals surface area contributed by atoms with E-state index in [-0.39, 0.29) is 24.2 Å². The summed E-state index contributed by atoms with van der Waals surface area (Å²) in [5.41, 5.74) is 0.00304. The monoisotopic (exact) mass is 624 g/mol. The Morgan fingerprint density at radius 3 is 2.14 bits per heavy atom. The number of hydrogen-bond donors (Lipinski definition) is 4. The number of carboxylic acids is 1. The molecule has 232 valence electrons. The first-order valence-electron chi connectivity index (χ1n) is 12.7. The maximum Gasteiger partial charge on any atom is 0.490 e. The highest BCUT2D eigenvalue weighted by atomic mass is 35.5. The number of benzene rings is 2. The van der Waals surface area contributed by atoms with Crippen molar-refractivity contribution in [2.75, 3.05) is 20.6 Å². The second-order valence-corrected chi connectivity index (χ2v) is 10.2. The average Bonchev–Trinajstić information content (AvgIpc) is 2.91. The number of nitrogens with zero attached hydrogens (tertiary/aromatic N) is 1. The van der Waals surface area contributed by atoms with Crippen LogP contribution in [-0.4, -0.2) is 72.7 Å². The summed E-state index contributed by atoms with van der Waals surface area (Å²) in [4.78, 5) is 36.0. The largest absolute Gasteiger partial charge is 0.490 e. The molecule has 1 aliphatic carbocycles. The van der Waals surface area contributed by atoms with Gasteiger partial charge >= 0.3 is 18.3 Å². The predicted molar refractivity (Wildman–Crippen MR) is 143 cm³/mol. The van der Waals surface area contributed by atoms with Gasteiger partial charge in [-0.25, -0.2) is 4.79 Å². The smallest absolute Gasteiger partial charge is 0.475 e. The minimum atomic E-state index is -5.08. The molecule has 1 aliphatic rings. The van der Waals surface area contributed by atoms with Crippen LogP contribution in [-0.2, 0) is 22.3 Å². The van der Waals surface area contributed by atoms with Crippen LogP contribution in [0.4, 0.5) is 26.3 Å². The Labute approximate surface area is 243 Å². The zero-order chi connectivity index (χ0) is 31.7. The first-order chi connectivity index (χ1) is 19.5. The van der Waals surface area contributed by atoms with E-state index in [1.165, 1.54) is 6.07 Å². The molecule has 0 radical (unpaired) electrons. The van der Waals surface area contributed by atoms with Gasteiger partial charge in [0.25, 0.3) is 5.91 Å². The van der Waals surface area contributed by atoms with Crippen molar-refractivity contribution in [3.05, 3.63) is 70.2 Å². The molecule has 0 heterocycles. The summed E-state index contributed by atoms with van der Waals surface area (Å²) >= 11 is 5.96. The number of rotatable bonds is 8. The van der Waals surface area contributed by atoms with Gasteiger partial charge in [-0.2, -0.15) is 26.3 Å². The number of carbonyl (C=O) groups excluding carboxylic acids is 2. The number of carboxylic acid groups (broad SMARTS) is 1. The van der Waals surface area contributed by atoms with E-state index in [1.807, 2.05) is 38.4 Å². The number of alkyl halides is 6. The van der Waals surface area contributed by atoms with Crippen LogP contribution in [0, 0.1) is 0 Å². The summed E-state index contributed by atoms with van der Waals surface area (Å²) in [5.74, 6) is -3.88. The summed E-state index contributed by atoms with van der Waals surface area (Å²) in [6, 6.07) is 11.9. The molecule has 2 aromatic carbocycles. The van der Waals surface area contributed by atoms with Crippen molar-refractivity contribution in [2.45, 2.75) is 56.3 Å². The van der Waals surface area contributed by atoms with Crippen LogP contribution in [0.2, 0.25) is 5.02 Å². The van der Waals surface area contributed by atoms with Crippen LogP contribution in [0.1, 0.15) is 40.7 Å². The zero-order valence-corrected chi connectivity index (χ0v) is 23.4. The molecule has 0 aliphatic heterocycles. The second kappa shape index (κ2) is 15.2. The van der Waals surface area contributed by atoms with Crippen molar-refractivity contribution < 1.29 is 45.8 Å². The molecule has 3 rings (SSSR count). The van der Waals surface area contributed by atoms with E-state index in [2.05, 4.69) is 20.9 Å². The summed E-state index contributed by atoms with van der Waals surface area (Å²) in [6.07, 6.45) is -7.13. The zero-order valence-electron chi connectivity index (χ0n) is 22.7. The number of halogens is 7. The Morgan fingerprint density at radius 1 is 0.976 bits per heavy atom.